The van der Waals surface area contributed by atoms with Gasteiger partial charge >= 0.3 is 12.6 Å². The van der Waals surface area contributed by atoms with Crippen LogP contribution in [0, 0.1) is 6.92 Å². The van der Waals surface area contributed by atoms with Crippen LogP contribution in [-0.2, 0) is 0 Å². The van der Waals surface area contributed by atoms with Crippen molar-refractivity contribution in [2.45, 2.75) is 13.5 Å². The largest absolute Gasteiger partial charge is 0.486 e. The molecule has 20 heavy (non-hydrogen) atoms. The van der Waals surface area contributed by atoms with E-state index in [1.165, 1.54) is 20.2 Å². The molecule has 0 radical (unpaired) electrons. The Morgan fingerprint density at radius 2 is 2.25 bits per heavy atom. The van der Waals surface area contributed by atoms with Gasteiger partial charge in [-0.05, 0) is 6.92 Å². The van der Waals surface area contributed by atoms with E-state index in [-0.39, 0.29) is 11.4 Å². The zero-order chi connectivity index (χ0) is 14.7. The number of carbonyl (C=O) groups excluding carboxylic acids is 1. The monoisotopic (exact) mass is 303 g/mol. The van der Waals surface area contributed by atoms with E-state index in [2.05, 4.69) is 20.7 Å². The van der Waals surface area contributed by atoms with Crippen molar-refractivity contribution in [1.82, 2.24) is 14.8 Å². The van der Waals surface area contributed by atoms with Gasteiger partial charge in [-0.15, -0.1) is 0 Å². The molecule has 0 spiro atoms. The predicted octanol–water partition coefficient (Wildman–Crippen LogP) is 2.70. The lowest BCUT2D eigenvalue weighted by Crippen LogP contribution is -2.19. The Hall–Kier alpha value is -2.23. The Morgan fingerprint density at radius 1 is 1.50 bits per heavy atom. The van der Waals surface area contributed by atoms with Crippen molar-refractivity contribution in [2.24, 2.45) is 0 Å². The number of alkyl halides is 2. The number of amides is 2. The highest BCUT2D eigenvalue weighted by Gasteiger charge is 2.14. The van der Waals surface area contributed by atoms with Crippen LogP contribution in [-0.4, -0.2) is 27.9 Å². The van der Waals surface area contributed by atoms with Crippen molar-refractivity contribution in [2.75, 3.05) is 17.7 Å². The van der Waals surface area contributed by atoms with Gasteiger partial charge in [-0.25, -0.2) is 14.5 Å². The Morgan fingerprint density at radius 3 is 2.80 bits per heavy atom. The second kappa shape index (κ2) is 5.82. The third-order valence-corrected chi connectivity index (χ3v) is 3.15. The Kier molecular flexibility index (Phi) is 4.13. The maximum absolute atomic E-state index is 12.4. The molecule has 0 aliphatic carbocycles. The maximum Gasteiger partial charge on any atom is 0.333 e. The molecule has 2 rings (SSSR count). The lowest BCUT2D eigenvalue weighted by Gasteiger charge is -2.03. The first-order chi connectivity index (χ1) is 9.49. The van der Waals surface area contributed by atoms with Gasteiger partial charge < -0.3 is 10.1 Å². The first-order valence-electron chi connectivity index (χ1n) is 5.41. The third-order valence-electron chi connectivity index (χ3n) is 2.27. The molecule has 0 unspecified atom stereocenters. The topological polar surface area (TPSA) is 81.1 Å². The molecule has 2 amide bonds. The Balaban J connectivity index is 2.00. The molecule has 108 valence electrons. The van der Waals surface area contributed by atoms with Gasteiger partial charge in [-0.2, -0.15) is 13.9 Å². The maximum atomic E-state index is 12.4. The van der Waals surface area contributed by atoms with E-state index >= 15 is 0 Å². The van der Waals surface area contributed by atoms with E-state index in [9.17, 15) is 13.6 Å². The summed E-state index contributed by atoms with van der Waals surface area (Å²) in [5.41, 5.74) is 0.489. The van der Waals surface area contributed by atoms with Crippen LogP contribution in [0.3, 0.4) is 0 Å². The minimum Gasteiger partial charge on any atom is -0.486 e. The van der Waals surface area contributed by atoms with E-state index in [4.69, 9.17) is 4.74 Å². The fourth-order valence-corrected chi connectivity index (χ4v) is 1.99. The van der Waals surface area contributed by atoms with Crippen LogP contribution in [0.25, 0.3) is 0 Å². The van der Waals surface area contributed by atoms with Crippen LogP contribution >= 0.6 is 11.3 Å². The molecule has 0 bridgehead atoms. The van der Waals surface area contributed by atoms with E-state index in [0.29, 0.717) is 14.9 Å². The minimum absolute atomic E-state index is 0.200. The highest BCUT2D eigenvalue weighted by atomic mass is 32.1. The number of nitrogens with zero attached hydrogens (tertiary/aromatic N) is 3. The molecule has 0 saturated heterocycles. The summed E-state index contributed by atoms with van der Waals surface area (Å²) in [6, 6.07) is -0.598. The van der Waals surface area contributed by atoms with Gasteiger partial charge in [0, 0.05) is 0 Å². The van der Waals surface area contributed by atoms with Gasteiger partial charge in [0.2, 0.25) is 0 Å². The molecular weight excluding hydrogens is 292 g/mol. The van der Waals surface area contributed by atoms with Gasteiger partial charge in [-0.1, -0.05) is 11.3 Å². The zero-order valence-electron chi connectivity index (χ0n) is 10.6. The molecule has 2 N–H and O–H groups in total. The van der Waals surface area contributed by atoms with Crippen LogP contribution in [0.4, 0.5) is 24.4 Å². The molecule has 0 aromatic carbocycles. The highest BCUT2D eigenvalue weighted by molar-refractivity contribution is 7.17. The molecule has 0 aliphatic rings. The SMILES string of the molecule is COc1cnc(NC(=O)Nc2cn(C(F)F)nc2C)s1. The number of aromatic nitrogens is 3. The summed E-state index contributed by atoms with van der Waals surface area (Å²) in [6.45, 7) is -1.24. The number of methoxy groups -OCH3 is 1. The second-order valence-corrected chi connectivity index (χ2v) is 4.65. The number of hydrogen-bond donors (Lipinski definition) is 2. The number of thiazole rings is 1. The van der Waals surface area contributed by atoms with Crippen molar-refractivity contribution in [3.05, 3.63) is 18.1 Å². The summed E-state index contributed by atoms with van der Waals surface area (Å²) >= 11 is 1.14. The van der Waals surface area contributed by atoms with Gasteiger partial charge in [0.05, 0.1) is 30.9 Å². The van der Waals surface area contributed by atoms with Gasteiger partial charge in [0.25, 0.3) is 0 Å². The summed E-state index contributed by atoms with van der Waals surface area (Å²) < 4.78 is 30.3. The van der Waals surface area contributed by atoms with E-state index in [0.717, 1.165) is 17.5 Å². The van der Waals surface area contributed by atoms with Crippen molar-refractivity contribution in [1.29, 1.82) is 0 Å². The summed E-state index contributed by atoms with van der Waals surface area (Å²) in [6.07, 6.45) is 2.52. The number of carbonyl (C=O) groups is 1. The van der Waals surface area contributed by atoms with Gasteiger partial charge in [0.15, 0.2) is 10.2 Å². The van der Waals surface area contributed by atoms with E-state index in [1.807, 2.05) is 0 Å². The van der Waals surface area contributed by atoms with E-state index in [1.54, 1.807) is 0 Å². The van der Waals surface area contributed by atoms with Crippen LogP contribution in [0.2, 0.25) is 0 Å². The molecule has 0 fully saturated rings. The summed E-state index contributed by atoms with van der Waals surface area (Å²) in [4.78, 5) is 15.6. The number of aryl methyl sites for hydroxylation is 1. The average molecular weight is 303 g/mol. The number of ether oxygens (including phenoxy) is 1. The standard InChI is InChI=1S/C10H11F2N5O2S/c1-5-6(4-17(16-5)8(11)12)14-9(18)15-10-13-3-7(19-2)20-10/h3-4,8H,1-2H3,(H2,13,14,15,18). The third kappa shape index (κ3) is 3.20. The molecular formula is C10H11F2N5O2S. The van der Waals surface area contributed by atoms with Crippen LogP contribution in [0.1, 0.15) is 12.2 Å². The first-order valence-corrected chi connectivity index (χ1v) is 6.23. The molecule has 7 nitrogen and oxygen atoms in total. The molecule has 2 aromatic heterocycles. The molecule has 0 atom stereocenters. The van der Waals surface area contributed by atoms with Crippen LogP contribution in [0.5, 0.6) is 5.06 Å². The average Bonchev–Trinajstić information content (AvgIpc) is 2.97. The van der Waals surface area contributed by atoms with Gasteiger partial charge in [-0.3, -0.25) is 5.32 Å². The number of urea groups is 1. The van der Waals surface area contributed by atoms with E-state index < -0.39 is 12.6 Å². The lowest BCUT2D eigenvalue weighted by molar-refractivity contribution is 0.0563. The number of anilines is 2. The minimum atomic E-state index is -2.75. The van der Waals surface area contributed by atoms with Gasteiger partial charge in [0.1, 0.15) is 0 Å². The number of halogens is 2. The second-order valence-electron chi connectivity index (χ2n) is 3.65. The number of nitrogens with one attached hydrogen (secondary N) is 2. The molecule has 0 aliphatic heterocycles. The van der Waals surface area contributed by atoms with Crippen molar-refractivity contribution in [3.63, 3.8) is 0 Å². The van der Waals surface area contributed by atoms with Crippen molar-refractivity contribution < 1.29 is 18.3 Å². The summed E-state index contributed by atoms with van der Waals surface area (Å²) in [5.74, 6) is 0. The zero-order valence-corrected chi connectivity index (χ0v) is 11.4. The molecule has 10 heteroatoms. The smallest absolute Gasteiger partial charge is 0.333 e. The summed E-state index contributed by atoms with van der Waals surface area (Å²) in [7, 11) is 1.49. The predicted molar refractivity (Wildman–Crippen MR) is 69.5 cm³/mol. The number of hydrogen-bond acceptors (Lipinski definition) is 5. The fraction of sp³-hybridized carbons (Fsp3) is 0.300. The lowest BCUT2D eigenvalue weighted by atomic mass is 10.4. The quantitative estimate of drug-likeness (QED) is 0.910. The normalized spacial score (nSPS) is 10.7. The molecule has 0 saturated carbocycles. The fourth-order valence-electron chi connectivity index (χ4n) is 1.37. The van der Waals surface area contributed by atoms with Crippen molar-refractivity contribution in [3.8, 4) is 5.06 Å². The first kappa shape index (κ1) is 14.2. The Bertz CT molecular complexity index is 613. The Labute approximate surface area is 116 Å². The van der Waals surface area contributed by atoms with Crippen LogP contribution < -0.4 is 15.4 Å². The van der Waals surface area contributed by atoms with Crippen molar-refractivity contribution >= 4 is 28.2 Å². The summed E-state index contributed by atoms with van der Waals surface area (Å²) in [5, 5.41) is 9.34. The molecule has 2 heterocycles. The highest BCUT2D eigenvalue weighted by Crippen LogP contribution is 2.25. The number of rotatable bonds is 4. The van der Waals surface area contributed by atoms with Crippen LogP contribution in [0.15, 0.2) is 12.4 Å². The molecule has 2 aromatic rings.